The van der Waals surface area contributed by atoms with Gasteiger partial charge in [-0.3, -0.25) is 0 Å². The van der Waals surface area contributed by atoms with Crippen molar-refractivity contribution in [3.63, 3.8) is 0 Å². The maximum atomic E-state index is 10.3. The van der Waals surface area contributed by atoms with Gasteiger partial charge in [0.15, 0.2) is 0 Å². The molecule has 4 nitrogen and oxygen atoms in total. The van der Waals surface area contributed by atoms with Gasteiger partial charge < -0.3 is 20.1 Å². The Bertz CT molecular complexity index is 228. The van der Waals surface area contributed by atoms with Gasteiger partial charge in [0.25, 0.3) is 0 Å². The number of hydrogen-bond donors (Lipinski definition) is 2. The Morgan fingerprint density at radius 1 is 1.22 bits per heavy atom. The first-order chi connectivity index (χ1) is 8.74. The minimum atomic E-state index is -0.355. The van der Waals surface area contributed by atoms with Gasteiger partial charge in [-0.2, -0.15) is 0 Å². The smallest absolute Gasteiger partial charge is 0.0989 e. The third kappa shape index (κ3) is 3.44. The summed E-state index contributed by atoms with van der Waals surface area (Å²) >= 11 is 0. The number of aliphatic hydroxyl groups excluding tert-OH is 1. The topological polar surface area (TPSA) is 44.7 Å². The van der Waals surface area contributed by atoms with Crippen LogP contribution in [0, 0.1) is 0 Å². The van der Waals surface area contributed by atoms with E-state index in [2.05, 4.69) is 24.1 Å². The second kappa shape index (κ2) is 6.85. The summed E-state index contributed by atoms with van der Waals surface area (Å²) in [5, 5.41) is 13.9. The molecule has 2 fully saturated rings. The molecule has 2 aliphatic rings. The number of nitrogens with zero attached hydrogens (tertiary/aromatic N) is 1. The summed E-state index contributed by atoms with van der Waals surface area (Å²) in [6.45, 7) is 7.84. The first-order valence-electron chi connectivity index (χ1n) is 7.52. The van der Waals surface area contributed by atoms with Gasteiger partial charge in [-0.15, -0.1) is 0 Å². The van der Waals surface area contributed by atoms with Crippen molar-refractivity contribution >= 4 is 0 Å². The molecule has 0 aromatic heterocycles. The van der Waals surface area contributed by atoms with Gasteiger partial charge in [0.1, 0.15) is 0 Å². The second-order valence-corrected chi connectivity index (χ2v) is 5.60. The van der Waals surface area contributed by atoms with E-state index in [-0.39, 0.29) is 18.2 Å². The molecule has 18 heavy (non-hydrogen) atoms. The Kier molecular flexibility index (Phi) is 5.42. The number of rotatable bonds is 6. The summed E-state index contributed by atoms with van der Waals surface area (Å²) in [5.74, 6) is 0. The molecule has 1 heterocycles. The Hall–Kier alpha value is -0.160. The molecule has 2 N–H and O–H groups in total. The van der Waals surface area contributed by atoms with Crippen LogP contribution in [0.15, 0.2) is 0 Å². The molecule has 106 valence electrons. The predicted octanol–water partition coefficient (Wildman–Crippen LogP) is 0.989. The van der Waals surface area contributed by atoms with Crippen molar-refractivity contribution in [1.29, 1.82) is 0 Å². The first kappa shape index (κ1) is 14.3. The third-order valence-electron chi connectivity index (χ3n) is 4.42. The highest BCUT2D eigenvalue weighted by Crippen LogP contribution is 2.22. The lowest BCUT2D eigenvalue weighted by Gasteiger charge is -2.25. The molecule has 1 saturated heterocycles. The van der Waals surface area contributed by atoms with Crippen LogP contribution >= 0.6 is 0 Å². The maximum absolute atomic E-state index is 10.3. The number of likely N-dealkylation sites (N-methyl/N-ethyl adjacent to an activating group) is 1. The van der Waals surface area contributed by atoms with E-state index in [1.54, 1.807) is 0 Å². The zero-order chi connectivity index (χ0) is 13.0. The van der Waals surface area contributed by atoms with E-state index in [0.717, 1.165) is 19.6 Å². The minimum Gasteiger partial charge on any atom is -0.389 e. The zero-order valence-corrected chi connectivity index (χ0v) is 11.8. The average molecular weight is 256 g/mol. The fourth-order valence-corrected chi connectivity index (χ4v) is 3.12. The van der Waals surface area contributed by atoms with Gasteiger partial charge >= 0.3 is 0 Å². The molecule has 0 amide bonds. The Morgan fingerprint density at radius 3 is 2.50 bits per heavy atom. The van der Waals surface area contributed by atoms with E-state index >= 15 is 0 Å². The van der Waals surface area contributed by atoms with Gasteiger partial charge in [0, 0.05) is 12.6 Å². The predicted molar refractivity (Wildman–Crippen MR) is 72.7 cm³/mol. The van der Waals surface area contributed by atoms with Crippen molar-refractivity contribution in [2.24, 2.45) is 0 Å². The molecular weight excluding hydrogens is 228 g/mol. The molecule has 3 atom stereocenters. The van der Waals surface area contributed by atoms with Crippen molar-refractivity contribution < 1.29 is 9.84 Å². The van der Waals surface area contributed by atoms with Crippen LogP contribution < -0.4 is 5.32 Å². The zero-order valence-electron chi connectivity index (χ0n) is 11.8. The molecular formula is C14H28N2O2. The fraction of sp³-hybridized carbons (Fsp3) is 1.00. The SMILES string of the molecule is CCN(CC)C[C@@H]1OC[C@@H](NC2CCCC2)[C@H]1O. The number of nitrogens with one attached hydrogen (secondary N) is 1. The van der Waals surface area contributed by atoms with Crippen LogP contribution in [0.4, 0.5) is 0 Å². The highest BCUT2D eigenvalue weighted by atomic mass is 16.5. The molecule has 0 aromatic rings. The summed E-state index contributed by atoms with van der Waals surface area (Å²) in [4.78, 5) is 2.31. The van der Waals surface area contributed by atoms with Crippen LogP contribution in [-0.4, -0.2) is 60.5 Å². The van der Waals surface area contributed by atoms with E-state index in [1.165, 1.54) is 25.7 Å². The largest absolute Gasteiger partial charge is 0.389 e. The maximum Gasteiger partial charge on any atom is 0.0989 e. The monoisotopic (exact) mass is 256 g/mol. The van der Waals surface area contributed by atoms with Crippen LogP contribution in [0.1, 0.15) is 39.5 Å². The van der Waals surface area contributed by atoms with Crippen molar-refractivity contribution in [2.75, 3.05) is 26.2 Å². The lowest BCUT2D eigenvalue weighted by molar-refractivity contribution is 0.0169. The Labute approximate surface area is 111 Å². The molecule has 1 aliphatic carbocycles. The molecule has 0 spiro atoms. The summed E-state index contributed by atoms with van der Waals surface area (Å²) in [5.41, 5.74) is 0. The lowest BCUT2D eigenvalue weighted by atomic mass is 10.1. The summed E-state index contributed by atoms with van der Waals surface area (Å²) in [6.07, 6.45) is 4.78. The van der Waals surface area contributed by atoms with Gasteiger partial charge in [-0.25, -0.2) is 0 Å². The van der Waals surface area contributed by atoms with E-state index < -0.39 is 0 Å². The molecule has 4 heteroatoms. The first-order valence-corrected chi connectivity index (χ1v) is 7.52. The van der Waals surface area contributed by atoms with Crippen LogP contribution in [0.5, 0.6) is 0 Å². The second-order valence-electron chi connectivity index (χ2n) is 5.60. The average Bonchev–Trinajstić information content (AvgIpc) is 3.00. The summed E-state index contributed by atoms with van der Waals surface area (Å²) < 4.78 is 5.77. The summed E-state index contributed by atoms with van der Waals surface area (Å²) in [7, 11) is 0. The summed E-state index contributed by atoms with van der Waals surface area (Å²) in [6, 6.07) is 0.731. The van der Waals surface area contributed by atoms with Gasteiger partial charge in [0.2, 0.25) is 0 Å². The lowest BCUT2D eigenvalue weighted by Crippen LogP contribution is -2.47. The van der Waals surface area contributed by atoms with E-state index in [4.69, 9.17) is 4.74 Å². The molecule has 0 aromatic carbocycles. The van der Waals surface area contributed by atoms with Crippen LogP contribution in [0.3, 0.4) is 0 Å². The van der Waals surface area contributed by atoms with Crippen LogP contribution in [0.2, 0.25) is 0 Å². The van der Waals surface area contributed by atoms with Gasteiger partial charge in [-0.05, 0) is 25.9 Å². The molecule has 0 unspecified atom stereocenters. The van der Waals surface area contributed by atoms with E-state index in [0.29, 0.717) is 12.6 Å². The van der Waals surface area contributed by atoms with Crippen LogP contribution in [0.25, 0.3) is 0 Å². The van der Waals surface area contributed by atoms with E-state index in [1.807, 2.05) is 0 Å². The Balaban J connectivity index is 1.78. The van der Waals surface area contributed by atoms with E-state index in [9.17, 15) is 5.11 Å². The fourth-order valence-electron chi connectivity index (χ4n) is 3.12. The molecule has 0 bridgehead atoms. The number of hydrogen-bond acceptors (Lipinski definition) is 4. The quantitative estimate of drug-likeness (QED) is 0.744. The highest BCUT2D eigenvalue weighted by Gasteiger charge is 2.37. The number of aliphatic hydroxyl groups is 1. The molecule has 2 rings (SSSR count). The third-order valence-corrected chi connectivity index (χ3v) is 4.42. The van der Waals surface area contributed by atoms with Gasteiger partial charge in [0.05, 0.1) is 24.9 Å². The molecule has 0 radical (unpaired) electrons. The minimum absolute atomic E-state index is 0.0243. The van der Waals surface area contributed by atoms with Crippen LogP contribution in [-0.2, 0) is 4.74 Å². The van der Waals surface area contributed by atoms with Crippen molar-refractivity contribution in [2.45, 2.75) is 63.8 Å². The van der Waals surface area contributed by atoms with Crippen molar-refractivity contribution in [3.8, 4) is 0 Å². The van der Waals surface area contributed by atoms with Crippen molar-refractivity contribution in [1.82, 2.24) is 10.2 Å². The Morgan fingerprint density at radius 2 is 1.89 bits per heavy atom. The standard InChI is InChI=1S/C14H28N2O2/c1-3-16(4-2)9-13-14(17)12(10-18-13)15-11-7-5-6-8-11/h11-15,17H,3-10H2,1-2H3/t12-,13+,14-/m1/s1. The highest BCUT2D eigenvalue weighted by molar-refractivity contribution is 4.92. The molecule has 1 aliphatic heterocycles. The normalized spacial score (nSPS) is 33.7. The number of ether oxygens (including phenoxy) is 1. The van der Waals surface area contributed by atoms with Gasteiger partial charge in [-0.1, -0.05) is 26.7 Å². The van der Waals surface area contributed by atoms with Crippen molar-refractivity contribution in [3.05, 3.63) is 0 Å². The molecule has 1 saturated carbocycles.